The van der Waals surface area contributed by atoms with E-state index < -0.39 is 0 Å². The van der Waals surface area contributed by atoms with Crippen molar-refractivity contribution in [3.8, 4) is 29.0 Å². The molecule has 0 unspecified atom stereocenters. The van der Waals surface area contributed by atoms with E-state index in [0.717, 1.165) is 44.7 Å². The molecule has 0 spiro atoms. The van der Waals surface area contributed by atoms with Crippen molar-refractivity contribution in [2.75, 3.05) is 23.5 Å². The Hall–Kier alpha value is -5.83. The molecule has 226 valence electrons. The molecule has 9 heteroatoms. The molecule has 7 aromatic rings. The van der Waals surface area contributed by atoms with Gasteiger partial charge in [-0.05, 0) is 59.5 Å². The Bertz CT molecular complexity index is 2240. The molecule has 0 fully saturated rings. The van der Waals surface area contributed by atoms with Crippen LogP contribution in [0.4, 0.5) is 17.1 Å². The second-order valence-corrected chi connectivity index (χ2v) is 12.6. The van der Waals surface area contributed by atoms with Gasteiger partial charge < -0.3 is 14.5 Å². The molecule has 0 saturated heterocycles. The van der Waals surface area contributed by atoms with Crippen molar-refractivity contribution < 1.29 is 4.74 Å². The van der Waals surface area contributed by atoms with Gasteiger partial charge in [-0.25, -0.2) is 24.9 Å². The number of hydrogen-bond donors (Lipinski definition) is 0. The van der Waals surface area contributed by atoms with E-state index in [4.69, 9.17) is 14.7 Å². The summed E-state index contributed by atoms with van der Waals surface area (Å²) in [5.74, 6) is 2.44. The van der Waals surface area contributed by atoms with Crippen molar-refractivity contribution in [2.45, 2.75) is 26.2 Å². The third kappa shape index (κ3) is 4.77. The van der Waals surface area contributed by atoms with E-state index in [-0.39, 0.29) is 5.41 Å². The van der Waals surface area contributed by atoms with Gasteiger partial charge in [0.1, 0.15) is 29.9 Å². The lowest BCUT2D eigenvalue weighted by Gasteiger charge is -2.21. The summed E-state index contributed by atoms with van der Waals surface area (Å²) in [5.41, 5.74) is 7.09. The third-order valence-electron chi connectivity index (χ3n) is 8.47. The zero-order chi connectivity index (χ0) is 31.4. The van der Waals surface area contributed by atoms with Crippen LogP contribution >= 0.6 is 0 Å². The van der Waals surface area contributed by atoms with Gasteiger partial charge >= 0.3 is 0 Å². The molecular formula is C37H32N8O. The zero-order valence-electron chi connectivity index (χ0n) is 26.1. The summed E-state index contributed by atoms with van der Waals surface area (Å²) in [6.45, 7) is 7.34. The van der Waals surface area contributed by atoms with E-state index in [9.17, 15) is 0 Å². The Balaban J connectivity index is 1.26. The molecule has 4 aromatic heterocycles. The third-order valence-corrected chi connectivity index (χ3v) is 8.47. The van der Waals surface area contributed by atoms with Gasteiger partial charge in [-0.3, -0.25) is 4.57 Å². The highest BCUT2D eigenvalue weighted by atomic mass is 16.5. The van der Waals surface area contributed by atoms with Crippen LogP contribution in [0.1, 0.15) is 26.3 Å². The van der Waals surface area contributed by atoms with E-state index in [1.807, 2.05) is 24.4 Å². The standard InChI is InChI=1S/C37H32N8O/c1-37(2,3)24-15-16-39-34(17-24)45-30-10-6-5-9-27(30)28-14-13-26(20-33(28)45)46-35-19-25(18-29(42-35)36-40-21-38-22-41-36)44-23-43(4)31-11-7-8-12-32(31)44/h5-22H,23H2,1-4H3. The Labute approximate surface area is 266 Å². The number of para-hydroxylation sites is 3. The van der Waals surface area contributed by atoms with Crippen LogP contribution < -0.4 is 14.5 Å². The van der Waals surface area contributed by atoms with Crippen molar-refractivity contribution in [1.29, 1.82) is 0 Å². The fraction of sp³-hybridized carbons (Fsp3) is 0.162. The van der Waals surface area contributed by atoms with Crippen LogP contribution in [-0.2, 0) is 5.41 Å². The lowest BCUT2D eigenvalue weighted by atomic mass is 9.88. The molecule has 1 aliphatic rings. The van der Waals surface area contributed by atoms with Crippen molar-refractivity contribution in [2.24, 2.45) is 0 Å². The first-order valence-corrected chi connectivity index (χ1v) is 15.2. The van der Waals surface area contributed by atoms with Crippen molar-refractivity contribution in [3.63, 3.8) is 0 Å². The first-order valence-electron chi connectivity index (χ1n) is 15.2. The van der Waals surface area contributed by atoms with Crippen molar-refractivity contribution in [3.05, 3.63) is 115 Å². The van der Waals surface area contributed by atoms with Gasteiger partial charge in [-0.2, -0.15) is 0 Å². The number of rotatable bonds is 5. The number of ether oxygens (including phenoxy) is 1. The molecule has 1 aliphatic heterocycles. The normalized spacial score (nSPS) is 13.0. The van der Waals surface area contributed by atoms with Gasteiger partial charge in [0.2, 0.25) is 5.88 Å². The summed E-state index contributed by atoms with van der Waals surface area (Å²) in [7, 11) is 2.09. The molecule has 5 heterocycles. The molecule has 0 aliphatic carbocycles. The minimum atomic E-state index is -0.0116. The molecule has 9 nitrogen and oxygen atoms in total. The largest absolute Gasteiger partial charge is 0.439 e. The minimum Gasteiger partial charge on any atom is -0.439 e. The van der Waals surface area contributed by atoms with Gasteiger partial charge in [0, 0.05) is 36.1 Å². The van der Waals surface area contributed by atoms with E-state index in [0.29, 0.717) is 29.8 Å². The Morgan fingerprint density at radius 1 is 0.739 bits per heavy atom. The van der Waals surface area contributed by atoms with Crippen LogP contribution in [0.2, 0.25) is 0 Å². The first-order chi connectivity index (χ1) is 22.3. The van der Waals surface area contributed by atoms with E-state index in [2.05, 4.69) is 130 Å². The van der Waals surface area contributed by atoms with Crippen LogP contribution in [0.3, 0.4) is 0 Å². The predicted molar refractivity (Wildman–Crippen MR) is 182 cm³/mol. The van der Waals surface area contributed by atoms with Gasteiger partial charge in [0.05, 0.1) is 34.8 Å². The van der Waals surface area contributed by atoms with Crippen molar-refractivity contribution >= 4 is 38.9 Å². The number of pyridine rings is 2. The van der Waals surface area contributed by atoms with E-state index in [1.54, 1.807) is 0 Å². The van der Waals surface area contributed by atoms with Crippen LogP contribution in [0.5, 0.6) is 11.6 Å². The maximum atomic E-state index is 6.57. The highest BCUT2D eigenvalue weighted by Gasteiger charge is 2.26. The van der Waals surface area contributed by atoms with Crippen LogP contribution in [-0.4, -0.2) is 43.2 Å². The predicted octanol–water partition coefficient (Wildman–Crippen LogP) is 8.06. The molecule has 46 heavy (non-hydrogen) atoms. The monoisotopic (exact) mass is 604 g/mol. The number of anilines is 3. The van der Waals surface area contributed by atoms with Gasteiger partial charge in [0.15, 0.2) is 5.82 Å². The molecule has 3 aromatic carbocycles. The van der Waals surface area contributed by atoms with Crippen LogP contribution in [0.15, 0.2) is 110 Å². The average Bonchev–Trinajstić information content (AvgIpc) is 3.59. The second-order valence-electron chi connectivity index (χ2n) is 12.6. The molecule has 0 atom stereocenters. The quantitative estimate of drug-likeness (QED) is 0.195. The highest BCUT2D eigenvalue weighted by Crippen LogP contribution is 2.42. The van der Waals surface area contributed by atoms with Gasteiger partial charge in [-0.1, -0.05) is 51.1 Å². The zero-order valence-corrected chi connectivity index (χ0v) is 26.1. The Kier molecular flexibility index (Phi) is 6.42. The molecule has 0 bridgehead atoms. The summed E-state index contributed by atoms with van der Waals surface area (Å²) in [4.78, 5) is 26.9. The SMILES string of the molecule is CN1CN(c2cc(Oc3ccc4c5ccccc5n(-c5cc(C(C)(C)C)ccn5)c4c3)nc(-c3ncncn3)c2)c2ccccc21. The fourth-order valence-electron chi connectivity index (χ4n) is 6.17. The van der Waals surface area contributed by atoms with Crippen LogP contribution in [0.25, 0.3) is 39.1 Å². The number of aromatic nitrogens is 6. The Morgan fingerprint density at radius 3 is 2.33 bits per heavy atom. The summed E-state index contributed by atoms with van der Waals surface area (Å²) in [5, 5.41) is 2.27. The summed E-state index contributed by atoms with van der Waals surface area (Å²) in [6.07, 6.45) is 4.85. The summed E-state index contributed by atoms with van der Waals surface area (Å²) in [6, 6.07) is 31.2. The number of hydrogen-bond acceptors (Lipinski definition) is 8. The maximum Gasteiger partial charge on any atom is 0.221 e. The van der Waals surface area contributed by atoms with Crippen molar-refractivity contribution in [1.82, 2.24) is 29.5 Å². The van der Waals surface area contributed by atoms with Gasteiger partial charge in [-0.15, -0.1) is 0 Å². The second kappa shape index (κ2) is 10.7. The summed E-state index contributed by atoms with van der Waals surface area (Å²) >= 11 is 0. The summed E-state index contributed by atoms with van der Waals surface area (Å²) < 4.78 is 8.78. The number of nitrogens with zero attached hydrogens (tertiary/aromatic N) is 8. The molecule has 0 amide bonds. The average molecular weight is 605 g/mol. The number of fused-ring (bicyclic) bond motifs is 4. The molecular weight excluding hydrogens is 572 g/mol. The maximum absolute atomic E-state index is 6.57. The first kappa shape index (κ1) is 27.7. The topological polar surface area (TPSA) is 85.1 Å². The highest BCUT2D eigenvalue weighted by molar-refractivity contribution is 6.09. The number of benzene rings is 3. The smallest absolute Gasteiger partial charge is 0.221 e. The van der Waals surface area contributed by atoms with Crippen LogP contribution in [0, 0.1) is 0 Å². The van der Waals surface area contributed by atoms with Gasteiger partial charge in [0.25, 0.3) is 0 Å². The lowest BCUT2D eigenvalue weighted by molar-refractivity contribution is 0.464. The molecule has 0 N–H and O–H groups in total. The lowest BCUT2D eigenvalue weighted by Crippen LogP contribution is -2.24. The Morgan fingerprint density at radius 2 is 1.50 bits per heavy atom. The fourth-order valence-corrected chi connectivity index (χ4v) is 6.17. The molecule has 8 rings (SSSR count). The molecule has 0 saturated carbocycles. The van der Waals surface area contributed by atoms with E-state index >= 15 is 0 Å². The minimum absolute atomic E-state index is 0.0116. The van der Waals surface area contributed by atoms with E-state index in [1.165, 1.54) is 18.2 Å². The molecule has 0 radical (unpaired) electrons.